The third-order valence-electron chi connectivity index (χ3n) is 3.27. The lowest BCUT2D eigenvalue weighted by Gasteiger charge is -2.14. The summed E-state index contributed by atoms with van der Waals surface area (Å²) in [4.78, 5) is 24.2. The van der Waals surface area contributed by atoms with E-state index in [9.17, 15) is 14.0 Å². The monoisotopic (exact) mass is 294 g/mol. The summed E-state index contributed by atoms with van der Waals surface area (Å²) in [7, 11) is 1.76. The van der Waals surface area contributed by atoms with E-state index < -0.39 is 5.82 Å². The van der Waals surface area contributed by atoms with Crippen LogP contribution in [0, 0.1) is 12.7 Å². The highest BCUT2D eigenvalue weighted by Gasteiger charge is 2.25. The molecule has 114 valence electrons. The Morgan fingerprint density at radius 1 is 1.29 bits per heavy atom. The molecule has 3 N–H and O–H groups in total. The van der Waals surface area contributed by atoms with Gasteiger partial charge in [-0.3, -0.25) is 9.59 Å². The van der Waals surface area contributed by atoms with Crippen LogP contribution in [-0.2, 0) is 9.59 Å². The lowest BCUT2D eigenvalue weighted by atomic mass is 10.2. The van der Waals surface area contributed by atoms with E-state index in [0.717, 1.165) is 23.3 Å². The number of rotatable bonds is 6. The molecular formula is C15H21FN3O2+. The fourth-order valence-electron chi connectivity index (χ4n) is 2.03. The summed E-state index contributed by atoms with van der Waals surface area (Å²) in [5.41, 5.74) is 0.964. The average molecular weight is 294 g/mol. The van der Waals surface area contributed by atoms with Crippen molar-refractivity contribution in [2.24, 2.45) is 0 Å². The number of hydrogen-bond donors (Lipinski definition) is 3. The number of nitrogens with one attached hydrogen (secondary N) is 3. The molecule has 0 aliphatic heterocycles. The maximum Gasteiger partial charge on any atom is 0.279 e. The first kappa shape index (κ1) is 15.4. The van der Waals surface area contributed by atoms with E-state index in [4.69, 9.17) is 0 Å². The minimum atomic E-state index is -0.451. The molecule has 0 radical (unpaired) electrons. The second-order valence-electron chi connectivity index (χ2n) is 5.68. The fraction of sp³-hybridized carbons (Fsp3) is 0.467. The number of aryl methyl sites for hydroxylation is 1. The summed E-state index contributed by atoms with van der Waals surface area (Å²) < 4.78 is 13.6. The van der Waals surface area contributed by atoms with E-state index >= 15 is 0 Å². The Balaban J connectivity index is 1.78. The minimum absolute atomic E-state index is 0.0516. The van der Waals surface area contributed by atoms with Crippen LogP contribution in [0.3, 0.4) is 0 Å². The molecule has 0 bridgehead atoms. The lowest BCUT2D eigenvalue weighted by molar-refractivity contribution is -0.862. The Morgan fingerprint density at radius 3 is 2.57 bits per heavy atom. The number of benzene rings is 1. The van der Waals surface area contributed by atoms with Crippen LogP contribution in [0.2, 0.25) is 0 Å². The zero-order valence-electron chi connectivity index (χ0n) is 12.3. The van der Waals surface area contributed by atoms with E-state index in [1.807, 2.05) is 0 Å². The second kappa shape index (κ2) is 6.67. The molecule has 5 nitrogen and oxygen atoms in total. The van der Waals surface area contributed by atoms with Gasteiger partial charge in [-0.2, -0.15) is 0 Å². The highest BCUT2D eigenvalue weighted by atomic mass is 19.1. The van der Waals surface area contributed by atoms with Crippen LogP contribution in [0.15, 0.2) is 18.2 Å². The third-order valence-corrected chi connectivity index (χ3v) is 3.27. The van der Waals surface area contributed by atoms with Crippen LogP contribution >= 0.6 is 0 Å². The Bertz CT molecular complexity index is 544. The predicted molar refractivity (Wildman–Crippen MR) is 77.6 cm³/mol. The molecule has 0 heterocycles. The van der Waals surface area contributed by atoms with Gasteiger partial charge in [0.2, 0.25) is 0 Å². The van der Waals surface area contributed by atoms with Crippen molar-refractivity contribution in [1.82, 2.24) is 5.32 Å². The zero-order chi connectivity index (χ0) is 15.4. The number of carbonyl (C=O) groups is 2. The largest absolute Gasteiger partial charge is 0.348 e. The first-order valence-corrected chi connectivity index (χ1v) is 7.10. The van der Waals surface area contributed by atoms with Crippen molar-refractivity contribution in [3.63, 3.8) is 0 Å². The fourth-order valence-corrected chi connectivity index (χ4v) is 2.03. The van der Waals surface area contributed by atoms with E-state index in [-0.39, 0.29) is 30.6 Å². The van der Waals surface area contributed by atoms with Gasteiger partial charge in [-0.05, 0) is 37.5 Å². The Morgan fingerprint density at radius 2 is 1.95 bits per heavy atom. The molecule has 0 saturated heterocycles. The smallest absolute Gasteiger partial charge is 0.279 e. The van der Waals surface area contributed by atoms with E-state index in [1.54, 1.807) is 20.0 Å². The van der Waals surface area contributed by atoms with Gasteiger partial charge in [-0.1, -0.05) is 6.07 Å². The van der Waals surface area contributed by atoms with Crippen LogP contribution in [0.4, 0.5) is 10.1 Å². The summed E-state index contributed by atoms with van der Waals surface area (Å²) >= 11 is 0. The molecule has 1 fully saturated rings. The first-order valence-electron chi connectivity index (χ1n) is 7.10. The molecule has 1 saturated carbocycles. The molecule has 21 heavy (non-hydrogen) atoms. The van der Waals surface area contributed by atoms with Crippen LogP contribution < -0.4 is 15.5 Å². The second-order valence-corrected chi connectivity index (χ2v) is 5.68. The quantitative estimate of drug-likeness (QED) is 0.684. The molecule has 0 spiro atoms. The van der Waals surface area contributed by atoms with Gasteiger partial charge >= 0.3 is 0 Å². The summed E-state index contributed by atoms with van der Waals surface area (Å²) in [6, 6.07) is 4.96. The van der Waals surface area contributed by atoms with Gasteiger partial charge in [0.1, 0.15) is 5.82 Å². The Labute approximate surface area is 123 Å². The number of anilines is 1. The number of amides is 2. The zero-order valence-corrected chi connectivity index (χ0v) is 12.3. The molecule has 1 aliphatic rings. The van der Waals surface area contributed by atoms with E-state index in [2.05, 4.69) is 10.6 Å². The van der Waals surface area contributed by atoms with Crippen LogP contribution in [0.25, 0.3) is 0 Å². The van der Waals surface area contributed by atoms with Gasteiger partial charge in [0.15, 0.2) is 13.1 Å². The van der Waals surface area contributed by atoms with Crippen molar-refractivity contribution in [2.75, 3.05) is 25.5 Å². The molecule has 1 unspecified atom stereocenters. The van der Waals surface area contributed by atoms with Crippen molar-refractivity contribution in [3.8, 4) is 0 Å². The van der Waals surface area contributed by atoms with Gasteiger partial charge in [0.25, 0.3) is 11.8 Å². The van der Waals surface area contributed by atoms with Gasteiger partial charge in [-0.25, -0.2) is 4.39 Å². The molecule has 2 rings (SSSR count). The highest BCUT2D eigenvalue weighted by molar-refractivity contribution is 5.91. The van der Waals surface area contributed by atoms with Gasteiger partial charge in [-0.15, -0.1) is 0 Å². The number of likely N-dealkylation sites (N-methyl/N-ethyl adjacent to an activating group) is 1. The SMILES string of the molecule is Cc1ccc(NC(=O)C[NH+](C)CC(=O)NC2CC2)c(F)c1. The summed E-state index contributed by atoms with van der Waals surface area (Å²) in [5, 5.41) is 5.40. The molecule has 6 heteroatoms. The summed E-state index contributed by atoms with van der Waals surface area (Å²) in [6.07, 6.45) is 2.08. The van der Waals surface area contributed by atoms with Crippen molar-refractivity contribution >= 4 is 17.5 Å². The average Bonchev–Trinajstić information content (AvgIpc) is 3.16. The summed E-state index contributed by atoms with van der Waals surface area (Å²) in [5.74, 6) is -0.814. The van der Waals surface area contributed by atoms with Crippen LogP contribution in [-0.4, -0.2) is 38.0 Å². The van der Waals surface area contributed by atoms with Crippen LogP contribution in [0.5, 0.6) is 0 Å². The van der Waals surface area contributed by atoms with Crippen molar-refractivity contribution in [1.29, 1.82) is 0 Å². The van der Waals surface area contributed by atoms with Crippen LogP contribution in [0.1, 0.15) is 18.4 Å². The summed E-state index contributed by atoms with van der Waals surface area (Å²) in [6.45, 7) is 2.14. The molecule has 1 atom stereocenters. The molecule has 0 aromatic heterocycles. The molecule has 1 aromatic rings. The first-order chi connectivity index (χ1) is 9.94. The number of halogens is 1. The Kier molecular flexibility index (Phi) is 4.90. The molecule has 1 aromatic carbocycles. The predicted octanol–water partition coefficient (Wildman–Crippen LogP) is -0.134. The lowest BCUT2D eigenvalue weighted by Crippen LogP contribution is -3.11. The topological polar surface area (TPSA) is 62.6 Å². The maximum absolute atomic E-state index is 13.6. The third kappa shape index (κ3) is 5.15. The highest BCUT2D eigenvalue weighted by Crippen LogP contribution is 2.18. The number of quaternary nitrogens is 1. The number of carbonyl (C=O) groups excluding carboxylic acids is 2. The standard InChI is InChI=1S/C15H20FN3O2/c1-10-3-6-13(12(16)7-10)18-15(21)9-19(2)8-14(20)17-11-4-5-11/h3,6-7,11H,4-5,8-9H2,1-2H3,(H,17,20)(H,18,21)/p+1. The van der Waals surface area contributed by atoms with Crippen molar-refractivity contribution in [3.05, 3.63) is 29.6 Å². The van der Waals surface area contributed by atoms with E-state index in [1.165, 1.54) is 12.1 Å². The molecule has 2 amide bonds. The van der Waals surface area contributed by atoms with Gasteiger partial charge in [0, 0.05) is 6.04 Å². The number of hydrogen-bond acceptors (Lipinski definition) is 2. The normalized spacial score (nSPS) is 15.4. The maximum atomic E-state index is 13.6. The minimum Gasteiger partial charge on any atom is -0.348 e. The van der Waals surface area contributed by atoms with Crippen molar-refractivity contribution in [2.45, 2.75) is 25.8 Å². The molecule has 1 aliphatic carbocycles. The van der Waals surface area contributed by atoms with Crippen molar-refractivity contribution < 1.29 is 18.9 Å². The van der Waals surface area contributed by atoms with Gasteiger partial charge in [0.05, 0.1) is 12.7 Å². The Hall–Kier alpha value is -1.95. The van der Waals surface area contributed by atoms with E-state index in [0.29, 0.717) is 6.04 Å². The van der Waals surface area contributed by atoms with Gasteiger partial charge < -0.3 is 15.5 Å². The molecular weight excluding hydrogens is 273 g/mol.